The maximum absolute atomic E-state index is 13.5. The number of furan rings is 1. The summed E-state index contributed by atoms with van der Waals surface area (Å²) in [5, 5.41) is 15.1. The Morgan fingerprint density at radius 2 is 1.89 bits per heavy atom. The van der Waals surface area contributed by atoms with Crippen LogP contribution in [-0.2, 0) is 20.1 Å². The highest BCUT2D eigenvalue weighted by Crippen LogP contribution is 2.27. The summed E-state index contributed by atoms with van der Waals surface area (Å²) in [5.74, 6) is -0.184. The molecule has 10 heteroatoms. The van der Waals surface area contributed by atoms with Crippen molar-refractivity contribution in [2.75, 3.05) is 5.32 Å². The molecule has 0 aliphatic carbocycles. The van der Waals surface area contributed by atoms with E-state index in [1.165, 1.54) is 10.9 Å². The average Bonchev–Trinajstić information content (AvgIpc) is 3.62. The summed E-state index contributed by atoms with van der Waals surface area (Å²) in [5.41, 5.74) is 3.87. The molecular weight excluding hydrogens is 458 g/mol. The molecule has 5 aromatic rings. The molecule has 1 aromatic carbocycles. The fraction of sp³-hybridized carbons (Fsp3) is 0.192. The molecule has 182 valence electrons. The molecule has 0 saturated carbocycles. The van der Waals surface area contributed by atoms with Crippen molar-refractivity contribution in [2.24, 2.45) is 7.05 Å². The van der Waals surface area contributed by atoms with Gasteiger partial charge in [-0.2, -0.15) is 10.2 Å². The number of hydrogen-bond acceptors (Lipinski definition) is 6. The number of para-hydroxylation sites is 1. The first-order valence-electron chi connectivity index (χ1n) is 11.5. The Balaban J connectivity index is 1.47. The van der Waals surface area contributed by atoms with Gasteiger partial charge in [-0.1, -0.05) is 18.2 Å². The van der Waals surface area contributed by atoms with Crippen LogP contribution in [0.3, 0.4) is 0 Å². The number of fused-ring (bicyclic) bond motifs is 1. The van der Waals surface area contributed by atoms with Gasteiger partial charge in [-0.25, -0.2) is 4.98 Å². The van der Waals surface area contributed by atoms with E-state index in [9.17, 15) is 9.59 Å². The average molecular weight is 484 g/mol. The number of carbonyl (C=O) groups is 2. The van der Waals surface area contributed by atoms with Crippen LogP contribution in [0.4, 0.5) is 5.69 Å². The van der Waals surface area contributed by atoms with Crippen molar-refractivity contribution in [3.63, 3.8) is 0 Å². The van der Waals surface area contributed by atoms with Crippen molar-refractivity contribution in [2.45, 2.75) is 26.9 Å². The zero-order chi connectivity index (χ0) is 25.2. The van der Waals surface area contributed by atoms with E-state index < -0.39 is 5.91 Å². The molecule has 0 fully saturated rings. The Morgan fingerprint density at radius 3 is 2.64 bits per heavy atom. The number of pyridine rings is 1. The van der Waals surface area contributed by atoms with Gasteiger partial charge in [-0.05, 0) is 38.1 Å². The van der Waals surface area contributed by atoms with E-state index in [0.717, 1.165) is 17.8 Å². The third-order valence-corrected chi connectivity index (χ3v) is 5.80. The summed E-state index contributed by atoms with van der Waals surface area (Å²) in [6.45, 7) is 4.87. The highest BCUT2D eigenvalue weighted by Gasteiger charge is 2.21. The number of benzene rings is 1. The van der Waals surface area contributed by atoms with Gasteiger partial charge in [0.05, 0.1) is 41.0 Å². The number of aromatic nitrogens is 5. The first-order chi connectivity index (χ1) is 17.4. The summed E-state index contributed by atoms with van der Waals surface area (Å²) < 4.78 is 8.58. The lowest BCUT2D eigenvalue weighted by atomic mass is 10.0. The third-order valence-electron chi connectivity index (χ3n) is 5.80. The molecule has 0 unspecified atom stereocenters. The number of hydrogen-bond donors (Lipinski definition) is 2. The number of carbonyl (C=O) groups excluding carboxylic acids is 2. The molecule has 0 bridgehead atoms. The number of amides is 2. The summed E-state index contributed by atoms with van der Waals surface area (Å²) in [7, 11) is 1.69. The number of rotatable bonds is 7. The first-order valence-corrected chi connectivity index (χ1v) is 11.5. The number of anilines is 1. The molecule has 2 N–H and O–H groups in total. The largest absolute Gasteiger partial charge is 0.467 e. The summed E-state index contributed by atoms with van der Waals surface area (Å²) in [6, 6.07) is 12.7. The second kappa shape index (κ2) is 9.49. The standard InChI is InChI=1S/C26H25N7O3/c1-4-33-14-20(16(2)30-33)22-12-19(18-9-5-6-10-21(18)28-22)25(34)29-23-15-32(3)31-24(23)26(35)27-13-17-8-7-11-36-17/h5-12,14-15H,4,13H2,1-3H3,(H,27,35)(H,29,34). The van der Waals surface area contributed by atoms with Crippen LogP contribution in [-0.4, -0.2) is 36.4 Å². The topological polar surface area (TPSA) is 120 Å². The lowest BCUT2D eigenvalue weighted by Gasteiger charge is -2.10. The van der Waals surface area contributed by atoms with Crippen LogP contribution in [0.5, 0.6) is 0 Å². The van der Waals surface area contributed by atoms with E-state index in [1.54, 1.807) is 31.4 Å². The Morgan fingerprint density at radius 1 is 1.06 bits per heavy atom. The van der Waals surface area contributed by atoms with Crippen LogP contribution >= 0.6 is 0 Å². The minimum Gasteiger partial charge on any atom is -0.467 e. The van der Waals surface area contributed by atoms with Gasteiger partial charge in [0.1, 0.15) is 5.76 Å². The van der Waals surface area contributed by atoms with E-state index in [2.05, 4.69) is 20.8 Å². The molecule has 0 spiro atoms. The van der Waals surface area contributed by atoms with E-state index in [0.29, 0.717) is 33.6 Å². The lowest BCUT2D eigenvalue weighted by molar-refractivity contribution is 0.0943. The molecule has 5 rings (SSSR count). The quantitative estimate of drug-likeness (QED) is 0.362. The van der Waals surface area contributed by atoms with Crippen molar-refractivity contribution >= 4 is 28.4 Å². The first kappa shape index (κ1) is 23.0. The lowest BCUT2D eigenvalue weighted by Crippen LogP contribution is -2.25. The predicted octanol–water partition coefficient (Wildman–Crippen LogP) is 3.94. The maximum atomic E-state index is 13.5. The van der Waals surface area contributed by atoms with Gasteiger partial charge >= 0.3 is 0 Å². The summed E-state index contributed by atoms with van der Waals surface area (Å²) >= 11 is 0. The molecule has 0 radical (unpaired) electrons. The molecule has 0 aliphatic heterocycles. The SMILES string of the molecule is CCn1cc(-c2cc(C(=O)Nc3cn(C)nc3C(=O)NCc3ccco3)c3ccccc3n2)c(C)n1. The Hall–Kier alpha value is -4.73. The molecule has 0 aliphatic rings. The Bertz CT molecular complexity index is 1560. The zero-order valence-electron chi connectivity index (χ0n) is 20.1. The van der Waals surface area contributed by atoms with E-state index in [4.69, 9.17) is 9.40 Å². The number of nitrogens with zero attached hydrogens (tertiary/aromatic N) is 5. The Labute approximate surface area is 206 Å². The normalized spacial score (nSPS) is 11.1. The van der Waals surface area contributed by atoms with E-state index >= 15 is 0 Å². The molecule has 36 heavy (non-hydrogen) atoms. The van der Waals surface area contributed by atoms with E-state index in [1.807, 2.05) is 49.0 Å². The monoisotopic (exact) mass is 483 g/mol. The molecule has 4 heterocycles. The molecular formula is C26H25N7O3. The van der Waals surface area contributed by atoms with Gasteiger partial charge < -0.3 is 15.1 Å². The molecule has 0 atom stereocenters. The van der Waals surface area contributed by atoms with Gasteiger partial charge in [0, 0.05) is 36.9 Å². The van der Waals surface area contributed by atoms with Crippen LogP contribution in [0, 0.1) is 6.92 Å². The van der Waals surface area contributed by atoms with Gasteiger partial charge in [-0.3, -0.25) is 19.0 Å². The fourth-order valence-corrected chi connectivity index (χ4v) is 4.03. The summed E-state index contributed by atoms with van der Waals surface area (Å²) in [6.07, 6.45) is 5.06. The summed E-state index contributed by atoms with van der Waals surface area (Å²) in [4.78, 5) is 31.1. The maximum Gasteiger partial charge on any atom is 0.274 e. The molecule has 0 saturated heterocycles. The second-order valence-electron chi connectivity index (χ2n) is 8.34. The van der Waals surface area contributed by atoms with Crippen LogP contribution in [0.2, 0.25) is 0 Å². The van der Waals surface area contributed by atoms with Gasteiger partial charge in [0.15, 0.2) is 5.69 Å². The van der Waals surface area contributed by atoms with Crippen molar-refractivity contribution in [1.82, 2.24) is 29.9 Å². The molecule has 4 aromatic heterocycles. The minimum absolute atomic E-state index is 0.107. The van der Waals surface area contributed by atoms with Gasteiger partial charge in [0.25, 0.3) is 11.8 Å². The smallest absolute Gasteiger partial charge is 0.274 e. The molecule has 10 nitrogen and oxygen atoms in total. The zero-order valence-corrected chi connectivity index (χ0v) is 20.1. The minimum atomic E-state index is -0.426. The second-order valence-corrected chi connectivity index (χ2v) is 8.34. The van der Waals surface area contributed by atoms with Crippen LogP contribution < -0.4 is 10.6 Å². The Kier molecular flexibility index (Phi) is 6.07. The highest BCUT2D eigenvalue weighted by atomic mass is 16.3. The predicted molar refractivity (Wildman–Crippen MR) is 134 cm³/mol. The fourth-order valence-electron chi connectivity index (χ4n) is 4.03. The molecule has 2 amide bonds. The van der Waals surface area contributed by atoms with Crippen molar-refractivity contribution in [3.05, 3.63) is 83.8 Å². The van der Waals surface area contributed by atoms with Crippen LogP contribution in [0.25, 0.3) is 22.2 Å². The number of aryl methyl sites for hydroxylation is 3. The van der Waals surface area contributed by atoms with E-state index in [-0.39, 0.29) is 18.1 Å². The number of nitrogens with one attached hydrogen (secondary N) is 2. The third kappa shape index (κ3) is 4.48. The van der Waals surface area contributed by atoms with Crippen molar-refractivity contribution < 1.29 is 14.0 Å². The van der Waals surface area contributed by atoms with Crippen molar-refractivity contribution in [1.29, 1.82) is 0 Å². The van der Waals surface area contributed by atoms with Crippen LogP contribution in [0.1, 0.15) is 39.2 Å². The highest BCUT2D eigenvalue weighted by molar-refractivity contribution is 6.14. The van der Waals surface area contributed by atoms with Gasteiger partial charge in [0.2, 0.25) is 0 Å². The van der Waals surface area contributed by atoms with Crippen molar-refractivity contribution in [3.8, 4) is 11.3 Å². The van der Waals surface area contributed by atoms with Crippen LogP contribution in [0.15, 0.2) is 65.5 Å². The van der Waals surface area contributed by atoms with Gasteiger partial charge in [-0.15, -0.1) is 0 Å².